The predicted octanol–water partition coefficient (Wildman–Crippen LogP) is 4.04. The maximum atomic E-state index is 13.1. The maximum absolute atomic E-state index is 13.1. The van der Waals surface area contributed by atoms with Crippen molar-refractivity contribution in [3.05, 3.63) is 63.4 Å². The van der Waals surface area contributed by atoms with Crippen molar-refractivity contribution >= 4 is 33.4 Å². The average molecular weight is 391 g/mol. The molecular weight excluding hydrogens is 375 g/mol. The van der Waals surface area contributed by atoms with Crippen molar-refractivity contribution < 1.29 is 14.0 Å². The Bertz CT molecular complexity index is 819. The lowest BCUT2D eigenvalue weighted by Crippen LogP contribution is -2.25. The maximum Gasteiger partial charge on any atom is 0.256 e. The smallest absolute Gasteiger partial charge is 0.256 e. The van der Waals surface area contributed by atoms with Crippen molar-refractivity contribution in [3.63, 3.8) is 0 Å². The Morgan fingerprint density at radius 2 is 1.88 bits per heavy atom. The Balaban J connectivity index is 1.80. The molecule has 0 aliphatic heterocycles. The molecular formula is C18H16BrFN2O2. The fourth-order valence-electron chi connectivity index (χ4n) is 2.26. The lowest BCUT2D eigenvalue weighted by atomic mass is 10.1. The van der Waals surface area contributed by atoms with Gasteiger partial charge in [-0.25, -0.2) is 4.39 Å². The number of carbonyl (C=O) groups is 2. The van der Waals surface area contributed by atoms with Gasteiger partial charge in [-0.1, -0.05) is 6.07 Å². The van der Waals surface area contributed by atoms with Gasteiger partial charge >= 0.3 is 0 Å². The normalized spacial score (nSPS) is 13.5. The lowest BCUT2D eigenvalue weighted by Gasteiger charge is -2.12. The Hall–Kier alpha value is -2.21. The molecule has 2 aromatic carbocycles. The van der Waals surface area contributed by atoms with Gasteiger partial charge in [0.1, 0.15) is 5.82 Å². The summed E-state index contributed by atoms with van der Waals surface area (Å²) in [4.78, 5) is 24.5. The van der Waals surface area contributed by atoms with E-state index in [-0.39, 0.29) is 17.9 Å². The summed E-state index contributed by atoms with van der Waals surface area (Å²) in [7, 11) is 0. The summed E-state index contributed by atoms with van der Waals surface area (Å²) in [6.07, 6.45) is 2.03. The van der Waals surface area contributed by atoms with E-state index in [1.807, 2.05) is 6.92 Å². The zero-order valence-electron chi connectivity index (χ0n) is 13.0. The number of carbonyl (C=O) groups excluding carboxylic acids is 2. The summed E-state index contributed by atoms with van der Waals surface area (Å²) < 4.78 is 13.5. The predicted molar refractivity (Wildman–Crippen MR) is 93.7 cm³/mol. The molecule has 0 atom stereocenters. The van der Waals surface area contributed by atoms with Gasteiger partial charge in [0.2, 0.25) is 0 Å². The highest BCUT2D eigenvalue weighted by molar-refractivity contribution is 9.10. The number of hydrogen-bond donors (Lipinski definition) is 2. The van der Waals surface area contributed by atoms with Crippen LogP contribution in [0, 0.1) is 12.7 Å². The number of rotatable bonds is 4. The first-order valence-corrected chi connectivity index (χ1v) is 8.41. The zero-order valence-corrected chi connectivity index (χ0v) is 14.6. The van der Waals surface area contributed by atoms with E-state index in [1.54, 1.807) is 18.2 Å². The third-order valence-electron chi connectivity index (χ3n) is 3.84. The molecule has 0 aromatic heterocycles. The van der Waals surface area contributed by atoms with Crippen molar-refractivity contribution in [2.24, 2.45) is 0 Å². The summed E-state index contributed by atoms with van der Waals surface area (Å²) >= 11 is 3.19. The zero-order chi connectivity index (χ0) is 17.3. The van der Waals surface area contributed by atoms with E-state index in [4.69, 9.17) is 0 Å². The van der Waals surface area contributed by atoms with Gasteiger partial charge in [0, 0.05) is 21.8 Å². The first kappa shape index (κ1) is 16.6. The number of halogens is 2. The quantitative estimate of drug-likeness (QED) is 0.827. The molecule has 2 N–H and O–H groups in total. The van der Waals surface area contributed by atoms with Crippen molar-refractivity contribution in [1.82, 2.24) is 5.32 Å². The third kappa shape index (κ3) is 3.82. The SMILES string of the molecule is Cc1ccc(C(=O)NC2CC2)cc1NC(=O)c1ccc(F)cc1Br. The van der Waals surface area contributed by atoms with E-state index in [0.717, 1.165) is 18.4 Å². The molecule has 1 saturated carbocycles. The molecule has 1 aliphatic rings. The summed E-state index contributed by atoms with van der Waals surface area (Å²) in [5.74, 6) is -0.936. The van der Waals surface area contributed by atoms with Gasteiger partial charge in [0.25, 0.3) is 11.8 Å². The summed E-state index contributed by atoms with van der Waals surface area (Å²) in [5.41, 5.74) is 2.22. The molecule has 0 unspecified atom stereocenters. The van der Waals surface area contributed by atoms with Crippen LogP contribution in [0.3, 0.4) is 0 Å². The third-order valence-corrected chi connectivity index (χ3v) is 4.49. The Morgan fingerprint density at radius 3 is 2.54 bits per heavy atom. The van der Waals surface area contributed by atoms with Gasteiger partial charge in [0.05, 0.1) is 5.56 Å². The number of benzene rings is 2. The summed E-state index contributed by atoms with van der Waals surface area (Å²) in [6.45, 7) is 1.85. The molecule has 0 bridgehead atoms. The van der Waals surface area contributed by atoms with Crippen LogP contribution < -0.4 is 10.6 Å². The van der Waals surface area contributed by atoms with Crippen LogP contribution in [-0.2, 0) is 0 Å². The minimum Gasteiger partial charge on any atom is -0.349 e. The van der Waals surface area contributed by atoms with Crippen LogP contribution in [0.2, 0.25) is 0 Å². The van der Waals surface area contributed by atoms with Crippen LogP contribution in [0.1, 0.15) is 39.1 Å². The Morgan fingerprint density at radius 1 is 1.12 bits per heavy atom. The Kier molecular flexibility index (Phi) is 4.66. The highest BCUT2D eigenvalue weighted by atomic mass is 79.9. The van der Waals surface area contributed by atoms with Crippen LogP contribution in [0.4, 0.5) is 10.1 Å². The van der Waals surface area contributed by atoms with Gasteiger partial charge in [-0.3, -0.25) is 9.59 Å². The molecule has 0 spiro atoms. The van der Waals surface area contributed by atoms with Crippen LogP contribution >= 0.6 is 15.9 Å². The molecule has 0 radical (unpaired) electrons. The average Bonchev–Trinajstić information content (AvgIpc) is 3.33. The van der Waals surface area contributed by atoms with Gasteiger partial charge < -0.3 is 10.6 Å². The van der Waals surface area contributed by atoms with E-state index in [0.29, 0.717) is 21.3 Å². The number of hydrogen-bond acceptors (Lipinski definition) is 2. The molecule has 124 valence electrons. The standard InChI is InChI=1S/C18H16BrFN2O2/c1-10-2-3-11(17(23)21-13-5-6-13)8-16(10)22-18(24)14-7-4-12(20)9-15(14)19/h2-4,7-9,13H,5-6H2,1H3,(H,21,23)(H,22,24). The molecule has 0 saturated heterocycles. The lowest BCUT2D eigenvalue weighted by molar-refractivity contribution is 0.0949. The van der Waals surface area contributed by atoms with Crippen molar-refractivity contribution in [2.75, 3.05) is 5.32 Å². The van der Waals surface area contributed by atoms with E-state index in [1.165, 1.54) is 18.2 Å². The molecule has 6 heteroatoms. The molecule has 2 aromatic rings. The minimum atomic E-state index is -0.423. The first-order chi connectivity index (χ1) is 11.4. The highest BCUT2D eigenvalue weighted by Gasteiger charge is 2.24. The fraction of sp³-hybridized carbons (Fsp3) is 0.222. The second-order valence-electron chi connectivity index (χ2n) is 5.86. The molecule has 24 heavy (non-hydrogen) atoms. The highest BCUT2D eigenvalue weighted by Crippen LogP contribution is 2.23. The van der Waals surface area contributed by atoms with Crippen LogP contribution in [0.5, 0.6) is 0 Å². The number of amides is 2. The summed E-state index contributed by atoms with van der Waals surface area (Å²) in [5, 5.41) is 5.70. The van der Waals surface area contributed by atoms with Gasteiger partial charge in [-0.2, -0.15) is 0 Å². The van der Waals surface area contributed by atoms with Gasteiger partial charge in [-0.05, 0) is 71.6 Å². The van der Waals surface area contributed by atoms with Crippen LogP contribution in [0.15, 0.2) is 40.9 Å². The van der Waals surface area contributed by atoms with Crippen LogP contribution in [0.25, 0.3) is 0 Å². The second-order valence-corrected chi connectivity index (χ2v) is 6.71. The topological polar surface area (TPSA) is 58.2 Å². The molecule has 0 heterocycles. The van der Waals surface area contributed by atoms with Crippen molar-refractivity contribution in [3.8, 4) is 0 Å². The molecule has 3 rings (SSSR count). The first-order valence-electron chi connectivity index (χ1n) is 7.62. The van der Waals surface area contributed by atoms with E-state index >= 15 is 0 Å². The minimum absolute atomic E-state index is 0.143. The molecule has 1 aliphatic carbocycles. The number of anilines is 1. The molecule has 4 nitrogen and oxygen atoms in total. The summed E-state index contributed by atoms with van der Waals surface area (Å²) in [6, 6.07) is 9.32. The van der Waals surface area contributed by atoms with Gasteiger partial charge in [0.15, 0.2) is 0 Å². The van der Waals surface area contributed by atoms with E-state index < -0.39 is 5.82 Å². The Labute approximate surface area is 147 Å². The van der Waals surface area contributed by atoms with Crippen molar-refractivity contribution in [1.29, 1.82) is 0 Å². The van der Waals surface area contributed by atoms with Crippen molar-refractivity contribution in [2.45, 2.75) is 25.8 Å². The van der Waals surface area contributed by atoms with E-state index in [2.05, 4.69) is 26.6 Å². The number of aryl methyl sites for hydroxylation is 1. The fourth-order valence-corrected chi connectivity index (χ4v) is 2.79. The monoisotopic (exact) mass is 390 g/mol. The number of nitrogens with one attached hydrogen (secondary N) is 2. The van der Waals surface area contributed by atoms with E-state index in [9.17, 15) is 14.0 Å². The van der Waals surface area contributed by atoms with Gasteiger partial charge in [-0.15, -0.1) is 0 Å². The van der Waals surface area contributed by atoms with Crippen LogP contribution in [-0.4, -0.2) is 17.9 Å². The largest absolute Gasteiger partial charge is 0.349 e. The second kappa shape index (κ2) is 6.73. The molecule has 1 fully saturated rings. The molecule has 2 amide bonds.